The molecule has 0 bridgehead atoms. The van der Waals surface area contributed by atoms with Crippen molar-refractivity contribution >= 4 is 35.5 Å². The summed E-state index contributed by atoms with van der Waals surface area (Å²) in [4.78, 5) is 56.8. The lowest BCUT2D eigenvalue weighted by molar-refractivity contribution is -0.142. The van der Waals surface area contributed by atoms with E-state index in [0.717, 1.165) is 0 Å². The number of aliphatic hydroxyl groups excluding tert-OH is 1. The van der Waals surface area contributed by atoms with Crippen molar-refractivity contribution in [1.82, 2.24) is 25.9 Å². The summed E-state index contributed by atoms with van der Waals surface area (Å²) in [7, 11) is 0. The van der Waals surface area contributed by atoms with Gasteiger partial charge >= 0.3 is 5.97 Å². The molecule has 1 aromatic rings. The number of H-pyrrole nitrogens is 1. The smallest absolute Gasteiger partial charge is 0.326 e. The van der Waals surface area contributed by atoms with Crippen LogP contribution in [0.2, 0.25) is 0 Å². The second kappa shape index (κ2) is 14.6. The van der Waals surface area contributed by atoms with E-state index in [-0.39, 0.29) is 18.8 Å². The lowest BCUT2D eigenvalue weighted by Gasteiger charge is -2.28. The fourth-order valence-electron chi connectivity index (χ4n) is 3.02. The van der Waals surface area contributed by atoms with Gasteiger partial charge in [-0.25, -0.2) is 9.78 Å². The van der Waals surface area contributed by atoms with E-state index < -0.39 is 54.0 Å². The van der Waals surface area contributed by atoms with Crippen LogP contribution in [0.25, 0.3) is 0 Å². The van der Waals surface area contributed by atoms with Crippen LogP contribution in [0.3, 0.4) is 0 Å². The minimum Gasteiger partial charge on any atom is -0.480 e. The van der Waals surface area contributed by atoms with Crippen molar-refractivity contribution in [2.75, 3.05) is 12.0 Å². The number of aliphatic hydroxyl groups is 1. The SMILES string of the molecule is CCC(C)C(NC(=O)C(Cc1cnc[nH]1)NC(=O)C(N)C(C)O)C(=O)NC(CCSC)C(=O)O. The Morgan fingerprint density at radius 2 is 1.76 bits per heavy atom. The largest absolute Gasteiger partial charge is 0.480 e. The van der Waals surface area contributed by atoms with E-state index in [1.165, 1.54) is 31.2 Å². The van der Waals surface area contributed by atoms with Gasteiger partial charge < -0.3 is 36.9 Å². The second-order valence-corrected chi connectivity index (χ2v) is 9.15. The van der Waals surface area contributed by atoms with E-state index in [1.807, 2.05) is 13.2 Å². The molecule has 3 amide bonds. The molecule has 0 aliphatic carbocycles. The van der Waals surface area contributed by atoms with Crippen molar-refractivity contribution in [2.45, 2.75) is 70.3 Å². The molecule has 1 aromatic heterocycles. The Labute approximate surface area is 203 Å². The molecule has 6 atom stereocenters. The molecule has 1 rings (SSSR count). The number of carboxylic acid groups (broad SMARTS) is 1. The van der Waals surface area contributed by atoms with E-state index in [4.69, 9.17) is 5.73 Å². The Bertz CT molecular complexity index is 806. The van der Waals surface area contributed by atoms with Crippen molar-refractivity contribution < 1.29 is 29.4 Å². The molecule has 1 heterocycles. The molecule has 0 aliphatic rings. The van der Waals surface area contributed by atoms with Crippen LogP contribution in [0.15, 0.2) is 12.5 Å². The van der Waals surface area contributed by atoms with Crippen molar-refractivity contribution in [3.63, 3.8) is 0 Å². The molecule has 6 unspecified atom stereocenters. The highest BCUT2D eigenvalue weighted by atomic mass is 32.2. The average molecular weight is 501 g/mol. The van der Waals surface area contributed by atoms with Crippen molar-refractivity contribution in [3.05, 3.63) is 18.2 Å². The van der Waals surface area contributed by atoms with Gasteiger partial charge in [0.2, 0.25) is 17.7 Å². The number of aromatic nitrogens is 2. The molecule has 0 saturated heterocycles. The topological polar surface area (TPSA) is 200 Å². The summed E-state index contributed by atoms with van der Waals surface area (Å²) in [5, 5.41) is 26.7. The van der Waals surface area contributed by atoms with Gasteiger partial charge in [-0.15, -0.1) is 0 Å². The highest BCUT2D eigenvalue weighted by Gasteiger charge is 2.33. The molecule has 0 spiro atoms. The maximum atomic E-state index is 13.2. The number of carbonyl (C=O) groups is 4. The maximum absolute atomic E-state index is 13.2. The molecule has 192 valence electrons. The van der Waals surface area contributed by atoms with Gasteiger partial charge in [0.25, 0.3) is 0 Å². The second-order valence-electron chi connectivity index (χ2n) is 8.16. The molecular formula is C21H36N6O6S. The normalized spacial score (nSPS) is 16.4. The van der Waals surface area contributed by atoms with Crippen LogP contribution in [0.4, 0.5) is 0 Å². The molecule has 8 N–H and O–H groups in total. The number of nitrogens with zero attached hydrogens (tertiary/aromatic N) is 1. The van der Waals surface area contributed by atoms with Crippen molar-refractivity contribution in [2.24, 2.45) is 11.7 Å². The van der Waals surface area contributed by atoms with Crippen LogP contribution >= 0.6 is 11.8 Å². The summed E-state index contributed by atoms with van der Waals surface area (Å²) in [6, 6.07) is -4.49. The molecule has 0 aromatic carbocycles. The van der Waals surface area contributed by atoms with Gasteiger partial charge in [-0.1, -0.05) is 20.3 Å². The predicted molar refractivity (Wildman–Crippen MR) is 128 cm³/mol. The minimum atomic E-state index is -1.25. The first kappa shape index (κ1) is 29.4. The number of carboxylic acids is 1. The van der Waals surface area contributed by atoms with Gasteiger partial charge in [-0.05, 0) is 31.3 Å². The number of hydrogen-bond donors (Lipinski definition) is 7. The summed E-state index contributed by atoms with van der Waals surface area (Å²) in [6.45, 7) is 4.95. The van der Waals surface area contributed by atoms with Crippen LogP contribution in [-0.2, 0) is 25.6 Å². The molecule has 34 heavy (non-hydrogen) atoms. The Kier molecular flexibility index (Phi) is 12.6. The number of rotatable bonds is 15. The fraction of sp³-hybridized carbons (Fsp3) is 0.667. The zero-order valence-electron chi connectivity index (χ0n) is 19.9. The first-order valence-corrected chi connectivity index (χ1v) is 12.4. The van der Waals surface area contributed by atoms with E-state index in [0.29, 0.717) is 17.9 Å². The zero-order chi connectivity index (χ0) is 25.8. The van der Waals surface area contributed by atoms with Crippen LogP contribution in [0.5, 0.6) is 0 Å². The van der Waals surface area contributed by atoms with Crippen LogP contribution < -0.4 is 21.7 Å². The number of aromatic amines is 1. The zero-order valence-corrected chi connectivity index (χ0v) is 20.7. The molecular weight excluding hydrogens is 464 g/mol. The lowest BCUT2D eigenvalue weighted by Crippen LogP contribution is -2.59. The number of aliphatic carboxylic acids is 1. The van der Waals surface area contributed by atoms with Crippen molar-refractivity contribution in [3.8, 4) is 0 Å². The first-order valence-electron chi connectivity index (χ1n) is 11.0. The number of nitrogens with two attached hydrogens (primary N) is 1. The Morgan fingerprint density at radius 3 is 2.26 bits per heavy atom. The molecule has 0 aliphatic heterocycles. The number of thioether (sulfide) groups is 1. The Hall–Kier alpha value is -2.64. The van der Waals surface area contributed by atoms with Crippen LogP contribution in [0, 0.1) is 5.92 Å². The number of imidazole rings is 1. The summed E-state index contributed by atoms with van der Waals surface area (Å²) in [6.07, 6.45) is 4.41. The standard InChI is InChI=1S/C21H36N6O6S/c1-5-11(2)17(20(31)25-14(21(32)33)6-7-34-4)27-18(29)15(8-13-9-23-10-24-13)26-19(30)16(22)12(3)28/h9-12,14-17,28H,5-8,22H2,1-4H3,(H,23,24)(H,25,31)(H,26,30)(H,27,29)(H,32,33). The first-order chi connectivity index (χ1) is 16.0. The predicted octanol–water partition coefficient (Wildman–Crippen LogP) is -1.00. The Morgan fingerprint density at radius 1 is 1.12 bits per heavy atom. The van der Waals surface area contributed by atoms with Crippen LogP contribution in [0.1, 0.15) is 39.3 Å². The average Bonchev–Trinajstić information content (AvgIpc) is 3.31. The third kappa shape index (κ3) is 9.31. The summed E-state index contributed by atoms with van der Waals surface area (Å²) < 4.78 is 0. The quantitative estimate of drug-likeness (QED) is 0.158. The molecule has 0 radical (unpaired) electrons. The van der Waals surface area contributed by atoms with Crippen LogP contribution in [-0.4, -0.2) is 86.2 Å². The molecule has 13 heteroatoms. The van der Waals surface area contributed by atoms with E-state index in [2.05, 4.69) is 25.9 Å². The number of nitrogens with one attached hydrogen (secondary N) is 4. The summed E-state index contributed by atoms with van der Waals surface area (Å²) in [5.41, 5.74) is 6.24. The lowest BCUT2D eigenvalue weighted by atomic mass is 9.97. The fourth-order valence-corrected chi connectivity index (χ4v) is 3.49. The molecule has 0 saturated carbocycles. The minimum absolute atomic E-state index is 0.0322. The third-order valence-electron chi connectivity index (χ3n) is 5.45. The van der Waals surface area contributed by atoms with Gasteiger partial charge in [0, 0.05) is 18.3 Å². The summed E-state index contributed by atoms with van der Waals surface area (Å²) >= 11 is 1.46. The van der Waals surface area contributed by atoms with E-state index in [1.54, 1.807) is 6.92 Å². The van der Waals surface area contributed by atoms with Gasteiger partial charge in [0.05, 0.1) is 12.4 Å². The monoisotopic (exact) mass is 500 g/mol. The highest BCUT2D eigenvalue weighted by molar-refractivity contribution is 7.98. The third-order valence-corrected chi connectivity index (χ3v) is 6.10. The summed E-state index contributed by atoms with van der Waals surface area (Å²) in [5.74, 6) is -2.95. The van der Waals surface area contributed by atoms with E-state index >= 15 is 0 Å². The highest BCUT2D eigenvalue weighted by Crippen LogP contribution is 2.11. The van der Waals surface area contributed by atoms with Crippen molar-refractivity contribution in [1.29, 1.82) is 0 Å². The molecule has 12 nitrogen and oxygen atoms in total. The van der Waals surface area contributed by atoms with E-state index in [9.17, 15) is 29.4 Å². The number of amides is 3. The van der Waals surface area contributed by atoms with Gasteiger partial charge in [0.1, 0.15) is 24.2 Å². The van der Waals surface area contributed by atoms with Gasteiger partial charge in [-0.3, -0.25) is 14.4 Å². The molecule has 0 fully saturated rings. The number of hydrogen-bond acceptors (Lipinski definition) is 8. The van der Waals surface area contributed by atoms with Gasteiger partial charge in [-0.2, -0.15) is 11.8 Å². The maximum Gasteiger partial charge on any atom is 0.326 e. The number of carbonyl (C=O) groups excluding carboxylic acids is 3. The Balaban J connectivity index is 3.06. The van der Waals surface area contributed by atoms with Gasteiger partial charge in [0.15, 0.2) is 0 Å².